The average Bonchev–Trinajstić information content (AvgIpc) is 3.36. The Balaban J connectivity index is 1.63. The predicted octanol–water partition coefficient (Wildman–Crippen LogP) is 2.20. The topological polar surface area (TPSA) is 79.6 Å². The van der Waals surface area contributed by atoms with Crippen LogP contribution in [-0.4, -0.2) is 65.5 Å². The number of anilines is 1. The number of nitrogens with zero attached hydrogens (tertiary/aromatic N) is 5. The van der Waals surface area contributed by atoms with Gasteiger partial charge in [0.15, 0.2) is 11.8 Å². The summed E-state index contributed by atoms with van der Waals surface area (Å²) in [5, 5.41) is 15.4. The Labute approximate surface area is 183 Å². The summed E-state index contributed by atoms with van der Waals surface area (Å²) in [5.41, 5.74) is 1.14. The molecule has 9 heteroatoms. The van der Waals surface area contributed by atoms with E-state index in [1.54, 1.807) is 7.11 Å². The van der Waals surface area contributed by atoms with Crippen LogP contribution < -0.4 is 20.3 Å². The number of para-hydroxylation sites is 2. The lowest BCUT2D eigenvalue weighted by atomic mass is 10.2. The predicted molar refractivity (Wildman–Crippen MR) is 125 cm³/mol. The van der Waals surface area contributed by atoms with Gasteiger partial charge in [-0.3, -0.25) is 0 Å². The number of aryl methyl sites for hydroxylation is 1. The van der Waals surface area contributed by atoms with Gasteiger partial charge in [-0.05, 0) is 43.9 Å². The van der Waals surface area contributed by atoms with Gasteiger partial charge in [-0.1, -0.05) is 12.1 Å². The maximum atomic E-state index is 5.54. The second-order valence-electron chi connectivity index (χ2n) is 7.41. The van der Waals surface area contributed by atoms with E-state index in [-0.39, 0.29) is 0 Å². The van der Waals surface area contributed by atoms with Crippen LogP contribution in [0.25, 0.3) is 0 Å². The van der Waals surface area contributed by atoms with E-state index in [1.807, 2.05) is 42.4 Å². The third-order valence-corrected chi connectivity index (χ3v) is 6.03. The molecule has 0 spiro atoms. The van der Waals surface area contributed by atoms with E-state index in [0.717, 1.165) is 67.3 Å². The van der Waals surface area contributed by atoms with E-state index in [0.29, 0.717) is 12.6 Å². The molecule has 164 valence electrons. The van der Waals surface area contributed by atoms with Crippen LogP contribution >= 0.6 is 11.8 Å². The molecule has 0 aliphatic carbocycles. The molecule has 0 saturated carbocycles. The fourth-order valence-electron chi connectivity index (χ4n) is 3.50. The van der Waals surface area contributed by atoms with Crippen LogP contribution in [0.4, 0.5) is 5.69 Å². The zero-order chi connectivity index (χ0) is 21.3. The van der Waals surface area contributed by atoms with Crippen molar-refractivity contribution in [2.75, 3.05) is 43.7 Å². The third kappa shape index (κ3) is 5.81. The molecular weight excluding hydrogens is 398 g/mol. The highest BCUT2D eigenvalue weighted by molar-refractivity contribution is 7.98. The number of methoxy groups -OCH3 is 1. The molecule has 0 amide bonds. The Kier molecular flexibility index (Phi) is 8.24. The Bertz CT molecular complexity index is 839. The van der Waals surface area contributed by atoms with Gasteiger partial charge in [0.05, 0.1) is 12.8 Å². The van der Waals surface area contributed by atoms with Gasteiger partial charge >= 0.3 is 0 Å². The molecule has 1 aromatic heterocycles. The smallest absolute Gasteiger partial charge is 0.191 e. The SMILES string of the molecule is COc1ccccc1N1CCC(NC(=NCc2nnc(C)n2C)NCCCSC)C1. The number of benzene rings is 1. The summed E-state index contributed by atoms with van der Waals surface area (Å²) >= 11 is 1.86. The maximum Gasteiger partial charge on any atom is 0.191 e. The molecule has 0 bridgehead atoms. The van der Waals surface area contributed by atoms with Crippen molar-refractivity contribution in [3.05, 3.63) is 35.9 Å². The summed E-state index contributed by atoms with van der Waals surface area (Å²) in [7, 11) is 3.70. The highest BCUT2D eigenvalue weighted by Gasteiger charge is 2.25. The number of aliphatic imine (C=N–C) groups is 1. The molecular formula is C21H33N7OS. The first-order chi connectivity index (χ1) is 14.6. The number of thioether (sulfide) groups is 1. The molecule has 1 unspecified atom stereocenters. The molecule has 2 heterocycles. The van der Waals surface area contributed by atoms with Crippen molar-refractivity contribution in [3.63, 3.8) is 0 Å². The standard InChI is InChI=1S/C21H33N7OS/c1-16-25-26-20(27(16)2)14-23-21(22-11-7-13-30-4)24-17-10-12-28(15-17)18-8-5-6-9-19(18)29-3/h5-6,8-9,17H,7,10-15H2,1-4H3,(H2,22,23,24). The van der Waals surface area contributed by atoms with Crippen LogP contribution in [0.1, 0.15) is 24.5 Å². The number of aromatic nitrogens is 3. The van der Waals surface area contributed by atoms with Gasteiger partial charge in [0.1, 0.15) is 18.1 Å². The zero-order valence-electron chi connectivity index (χ0n) is 18.4. The summed E-state index contributed by atoms with van der Waals surface area (Å²) < 4.78 is 7.52. The van der Waals surface area contributed by atoms with E-state index in [2.05, 4.69) is 44.1 Å². The van der Waals surface area contributed by atoms with Crippen LogP contribution in [0.3, 0.4) is 0 Å². The summed E-state index contributed by atoms with van der Waals surface area (Å²) in [6.07, 6.45) is 4.28. The number of rotatable bonds is 9. The lowest BCUT2D eigenvalue weighted by molar-refractivity contribution is 0.415. The summed E-state index contributed by atoms with van der Waals surface area (Å²) in [6.45, 7) is 5.24. The Morgan fingerprint density at radius 2 is 2.17 bits per heavy atom. The second kappa shape index (κ2) is 11.1. The van der Waals surface area contributed by atoms with Crippen LogP contribution in [-0.2, 0) is 13.6 Å². The lowest BCUT2D eigenvalue weighted by Gasteiger charge is -2.22. The molecule has 1 fully saturated rings. The molecule has 1 saturated heterocycles. The van der Waals surface area contributed by atoms with Gasteiger partial charge in [0, 0.05) is 32.7 Å². The van der Waals surface area contributed by atoms with Crippen molar-refractivity contribution in [2.24, 2.45) is 12.0 Å². The number of ether oxygens (including phenoxy) is 1. The minimum absolute atomic E-state index is 0.322. The van der Waals surface area contributed by atoms with Crippen molar-refractivity contribution in [2.45, 2.75) is 32.4 Å². The van der Waals surface area contributed by atoms with Crippen molar-refractivity contribution >= 4 is 23.4 Å². The molecule has 1 aliphatic rings. The van der Waals surface area contributed by atoms with Gasteiger partial charge in [-0.25, -0.2) is 4.99 Å². The molecule has 1 aliphatic heterocycles. The molecule has 1 atom stereocenters. The Morgan fingerprint density at radius 1 is 1.33 bits per heavy atom. The Hall–Kier alpha value is -2.42. The first kappa shape index (κ1) is 22.3. The van der Waals surface area contributed by atoms with Crippen molar-refractivity contribution in [1.29, 1.82) is 0 Å². The van der Waals surface area contributed by atoms with Gasteiger partial charge < -0.3 is 24.8 Å². The van der Waals surface area contributed by atoms with Crippen molar-refractivity contribution in [3.8, 4) is 5.75 Å². The minimum Gasteiger partial charge on any atom is -0.495 e. The van der Waals surface area contributed by atoms with E-state index in [9.17, 15) is 0 Å². The van der Waals surface area contributed by atoms with E-state index in [1.165, 1.54) is 0 Å². The first-order valence-corrected chi connectivity index (χ1v) is 11.8. The fourth-order valence-corrected chi connectivity index (χ4v) is 3.93. The Morgan fingerprint density at radius 3 is 2.90 bits per heavy atom. The van der Waals surface area contributed by atoms with Gasteiger partial charge in [0.2, 0.25) is 0 Å². The molecule has 3 rings (SSSR count). The largest absolute Gasteiger partial charge is 0.495 e. The van der Waals surface area contributed by atoms with Crippen LogP contribution in [0, 0.1) is 6.92 Å². The number of guanidine groups is 1. The van der Waals surface area contributed by atoms with Gasteiger partial charge in [-0.15, -0.1) is 10.2 Å². The van der Waals surface area contributed by atoms with Crippen molar-refractivity contribution < 1.29 is 4.74 Å². The highest BCUT2D eigenvalue weighted by Crippen LogP contribution is 2.30. The number of hydrogen-bond donors (Lipinski definition) is 2. The van der Waals surface area contributed by atoms with Crippen LogP contribution in [0.2, 0.25) is 0 Å². The quantitative estimate of drug-likeness (QED) is 0.358. The summed E-state index contributed by atoms with van der Waals surface area (Å²) in [6, 6.07) is 8.52. The average molecular weight is 432 g/mol. The van der Waals surface area contributed by atoms with Gasteiger partial charge in [0.25, 0.3) is 0 Å². The zero-order valence-corrected chi connectivity index (χ0v) is 19.2. The van der Waals surface area contributed by atoms with Crippen LogP contribution in [0.15, 0.2) is 29.3 Å². The maximum absolute atomic E-state index is 5.54. The summed E-state index contributed by atoms with van der Waals surface area (Å²) in [4.78, 5) is 7.15. The third-order valence-electron chi connectivity index (χ3n) is 5.33. The fraction of sp³-hybridized carbons (Fsp3) is 0.571. The van der Waals surface area contributed by atoms with E-state index < -0.39 is 0 Å². The normalized spacial score (nSPS) is 16.7. The monoisotopic (exact) mass is 431 g/mol. The molecule has 8 nitrogen and oxygen atoms in total. The van der Waals surface area contributed by atoms with Crippen molar-refractivity contribution in [1.82, 2.24) is 25.4 Å². The second-order valence-corrected chi connectivity index (χ2v) is 8.39. The van der Waals surface area contributed by atoms with E-state index in [4.69, 9.17) is 9.73 Å². The lowest BCUT2D eigenvalue weighted by Crippen LogP contribution is -2.45. The number of nitrogens with one attached hydrogen (secondary N) is 2. The first-order valence-electron chi connectivity index (χ1n) is 10.4. The molecule has 2 aromatic rings. The van der Waals surface area contributed by atoms with E-state index >= 15 is 0 Å². The number of hydrogen-bond acceptors (Lipinski definition) is 6. The molecule has 30 heavy (non-hydrogen) atoms. The molecule has 2 N–H and O–H groups in total. The molecule has 0 radical (unpaired) electrons. The van der Waals surface area contributed by atoms with Crippen LogP contribution in [0.5, 0.6) is 5.75 Å². The minimum atomic E-state index is 0.322. The van der Waals surface area contributed by atoms with Gasteiger partial charge in [-0.2, -0.15) is 11.8 Å². The summed E-state index contributed by atoms with van der Waals surface area (Å²) in [5.74, 6) is 4.64. The highest BCUT2D eigenvalue weighted by atomic mass is 32.2. The molecule has 1 aromatic carbocycles.